The average Bonchev–Trinajstić information content (AvgIpc) is 3.13. The third kappa shape index (κ3) is 4.54. The fourth-order valence-corrected chi connectivity index (χ4v) is 4.97. The van der Waals surface area contributed by atoms with Crippen LogP contribution in [0.25, 0.3) is 11.1 Å². The summed E-state index contributed by atoms with van der Waals surface area (Å²) in [4.78, 5) is 14.1. The first-order chi connectivity index (χ1) is 15.4. The quantitative estimate of drug-likeness (QED) is 0.624. The van der Waals surface area contributed by atoms with Gasteiger partial charge in [0.2, 0.25) is 15.9 Å². The minimum absolute atomic E-state index is 0.234. The van der Waals surface area contributed by atoms with Crippen LogP contribution in [-0.4, -0.2) is 31.8 Å². The van der Waals surface area contributed by atoms with Gasteiger partial charge < -0.3 is 4.90 Å². The fourth-order valence-electron chi connectivity index (χ4n) is 3.74. The van der Waals surface area contributed by atoms with E-state index in [1.807, 2.05) is 12.1 Å². The van der Waals surface area contributed by atoms with Gasteiger partial charge in [-0.25, -0.2) is 12.8 Å². The fraction of sp³-hybridized carbons (Fsp3) is 0.167. The van der Waals surface area contributed by atoms with E-state index in [0.29, 0.717) is 29.7 Å². The second-order valence-electron chi connectivity index (χ2n) is 7.54. The maximum Gasteiger partial charge on any atom is 0.241 e. The van der Waals surface area contributed by atoms with E-state index in [2.05, 4.69) is 10.8 Å². The van der Waals surface area contributed by atoms with Crippen LogP contribution in [0.1, 0.15) is 17.5 Å². The number of likely N-dealkylation sites (tertiary alicyclic amines) is 1. The molecule has 8 heteroatoms. The molecule has 3 aromatic rings. The largest absolute Gasteiger partial charge is 0.337 e. The van der Waals surface area contributed by atoms with Crippen LogP contribution in [0.4, 0.5) is 4.39 Å². The molecule has 0 saturated carbocycles. The summed E-state index contributed by atoms with van der Waals surface area (Å²) in [5.41, 5.74) is 2.23. The van der Waals surface area contributed by atoms with Gasteiger partial charge in [-0.2, -0.15) is 9.98 Å². The molecule has 1 heterocycles. The molecule has 1 saturated heterocycles. The summed E-state index contributed by atoms with van der Waals surface area (Å²) in [7, 11) is -4.09. The number of nitrogens with one attached hydrogen (secondary N) is 1. The molecular weight excluding hydrogens is 429 g/mol. The minimum Gasteiger partial charge on any atom is -0.337 e. The third-order valence-corrected chi connectivity index (χ3v) is 6.83. The van der Waals surface area contributed by atoms with Crippen LogP contribution in [0.5, 0.6) is 0 Å². The van der Waals surface area contributed by atoms with Crippen LogP contribution in [0.2, 0.25) is 0 Å². The molecule has 1 atom stereocenters. The van der Waals surface area contributed by atoms with Gasteiger partial charge in [-0.15, -0.1) is 0 Å². The van der Waals surface area contributed by atoms with E-state index < -0.39 is 21.9 Å². The van der Waals surface area contributed by atoms with Crippen molar-refractivity contribution < 1.29 is 17.6 Å². The van der Waals surface area contributed by atoms with Gasteiger partial charge in [0.05, 0.1) is 16.5 Å². The summed E-state index contributed by atoms with van der Waals surface area (Å²) in [6.07, 6.45) is 0.306. The molecule has 3 aromatic carbocycles. The lowest BCUT2D eigenvalue weighted by molar-refractivity contribution is -0.129. The van der Waals surface area contributed by atoms with Crippen LogP contribution in [0.3, 0.4) is 0 Å². The van der Waals surface area contributed by atoms with E-state index in [1.165, 1.54) is 12.1 Å². The molecule has 162 valence electrons. The molecule has 0 spiro atoms. The highest BCUT2D eigenvalue weighted by Crippen LogP contribution is 2.25. The molecule has 4 rings (SSSR count). The van der Waals surface area contributed by atoms with E-state index in [9.17, 15) is 17.6 Å². The molecule has 1 aliphatic rings. The minimum atomic E-state index is -4.09. The molecule has 0 unspecified atom stereocenters. The molecule has 1 fully saturated rings. The monoisotopic (exact) mass is 449 g/mol. The number of amides is 1. The number of carbonyl (C=O) groups is 1. The van der Waals surface area contributed by atoms with Crippen molar-refractivity contribution in [3.05, 3.63) is 89.7 Å². The number of sulfonamides is 1. The molecule has 1 aliphatic heterocycles. The highest BCUT2D eigenvalue weighted by Gasteiger charge is 2.35. The Labute approximate surface area is 186 Å². The molecule has 0 aliphatic carbocycles. The highest BCUT2D eigenvalue weighted by atomic mass is 32.2. The van der Waals surface area contributed by atoms with Gasteiger partial charge in [0.25, 0.3) is 0 Å². The Morgan fingerprint density at radius 1 is 1.06 bits per heavy atom. The molecular formula is C24H20FN3O3S. The van der Waals surface area contributed by atoms with Crippen LogP contribution >= 0.6 is 0 Å². The molecule has 0 radical (unpaired) electrons. The van der Waals surface area contributed by atoms with Gasteiger partial charge in [-0.05, 0) is 41.8 Å². The Morgan fingerprint density at radius 2 is 1.84 bits per heavy atom. The zero-order valence-electron chi connectivity index (χ0n) is 17.0. The second-order valence-corrected chi connectivity index (χ2v) is 9.26. The molecule has 0 bridgehead atoms. The van der Waals surface area contributed by atoms with Gasteiger partial charge >= 0.3 is 0 Å². The Hall–Kier alpha value is -3.54. The maximum absolute atomic E-state index is 14.6. The van der Waals surface area contributed by atoms with Crippen LogP contribution in [0.15, 0.2) is 77.7 Å². The number of hydrogen-bond donors (Lipinski definition) is 1. The topological polar surface area (TPSA) is 90.3 Å². The highest BCUT2D eigenvalue weighted by molar-refractivity contribution is 7.89. The number of halogens is 1. The number of nitrogens with zero attached hydrogens (tertiary/aromatic N) is 2. The van der Waals surface area contributed by atoms with Crippen LogP contribution < -0.4 is 4.72 Å². The number of rotatable bonds is 6. The lowest BCUT2D eigenvalue weighted by Gasteiger charge is -2.17. The van der Waals surface area contributed by atoms with Gasteiger partial charge in [0, 0.05) is 18.7 Å². The normalized spacial score (nSPS) is 16.2. The number of nitriles is 1. The number of hydrogen-bond acceptors (Lipinski definition) is 4. The van der Waals surface area contributed by atoms with Crippen molar-refractivity contribution in [2.75, 3.05) is 6.54 Å². The van der Waals surface area contributed by atoms with Crippen LogP contribution in [0, 0.1) is 17.1 Å². The smallest absolute Gasteiger partial charge is 0.241 e. The van der Waals surface area contributed by atoms with Gasteiger partial charge in [0.1, 0.15) is 11.9 Å². The van der Waals surface area contributed by atoms with Crippen molar-refractivity contribution >= 4 is 15.9 Å². The molecule has 32 heavy (non-hydrogen) atoms. The second kappa shape index (κ2) is 8.91. The van der Waals surface area contributed by atoms with Gasteiger partial charge in [-0.3, -0.25) is 4.79 Å². The molecule has 1 amide bonds. The van der Waals surface area contributed by atoms with Crippen molar-refractivity contribution in [1.29, 1.82) is 5.26 Å². The van der Waals surface area contributed by atoms with Crippen molar-refractivity contribution in [2.45, 2.75) is 23.9 Å². The lowest BCUT2D eigenvalue weighted by atomic mass is 10.1. The zero-order chi connectivity index (χ0) is 22.7. The Balaban J connectivity index is 1.47. The maximum atomic E-state index is 14.6. The van der Waals surface area contributed by atoms with Crippen molar-refractivity contribution in [3.63, 3.8) is 0 Å². The standard InChI is InChI=1S/C24H20FN3O3S/c25-22-14-20(9-10-21(22)19-7-2-1-3-8-19)32(30,31)27-23-11-12-28(24(23)29)16-18-6-4-5-17(13-18)15-26/h1-10,13-14,23,27H,11-12,16H2/t23-/m0/s1. The summed E-state index contributed by atoms with van der Waals surface area (Å²) < 4.78 is 42.6. The first-order valence-electron chi connectivity index (χ1n) is 10.0. The zero-order valence-corrected chi connectivity index (χ0v) is 17.8. The SMILES string of the molecule is N#Cc1cccc(CN2CC[C@H](NS(=O)(=O)c3ccc(-c4ccccc4)c(F)c3)C2=O)c1. The molecule has 6 nitrogen and oxygen atoms in total. The number of carbonyl (C=O) groups excluding carboxylic acids is 1. The van der Waals surface area contributed by atoms with Gasteiger partial charge in [0.15, 0.2) is 0 Å². The molecule has 1 N–H and O–H groups in total. The summed E-state index contributed by atoms with van der Waals surface area (Å²) in [6, 6.07) is 20.6. The predicted octanol–water partition coefficient (Wildman–Crippen LogP) is 3.44. The average molecular weight is 450 g/mol. The van der Waals surface area contributed by atoms with Crippen molar-refractivity contribution in [3.8, 4) is 17.2 Å². The Kier molecular flexibility index (Phi) is 6.04. The first-order valence-corrected chi connectivity index (χ1v) is 11.5. The van der Waals surface area contributed by atoms with Crippen molar-refractivity contribution in [1.82, 2.24) is 9.62 Å². The van der Waals surface area contributed by atoms with Crippen molar-refractivity contribution in [2.24, 2.45) is 0 Å². The predicted molar refractivity (Wildman–Crippen MR) is 117 cm³/mol. The van der Waals surface area contributed by atoms with Gasteiger partial charge in [-0.1, -0.05) is 48.5 Å². The first kappa shape index (κ1) is 21.7. The Bertz CT molecular complexity index is 1300. The van der Waals surface area contributed by atoms with E-state index in [1.54, 1.807) is 47.4 Å². The summed E-state index contributed by atoms with van der Waals surface area (Å²) in [5.74, 6) is -1.01. The van der Waals surface area contributed by atoms with E-state index >= 15 is 0 Å². The summed E-state index contributed by atoms with van der Waals surface area (Å²) >= 11 is 0. The molecule has 0 aromatic heterocycles. The number of benzene rings is 3. The Morgan fingerprint density at radius 3 is 2.56 bits per heavy atom. The van der Waals surface area contributed by atoms with Crippen LogP contribution in [-0.2, 0) is 21.4 Å². The lowest BCUT2D eigenvalue weighted by Crippen LogP contribution is -2.41. The van der Waals surface area contributed by atoms with E-state index in [-0.39, 0.29) is 17.3 Å². The summed E-state index contributed by atoms with van der Waals surface area (Å²) in [5, 5.41) is 9.02. The van der Waals surface area contributed by atoms with E-state index in [0.717, 1.165) is 11.6 Å². The van der Waals surface area contributed by atoms with E-state index in [4.69, 9.17) is 5.26 Å². The third-order valence-electron chi connectivity index (χ3n) is 5.36. The summed E-state index contributed by atoms with van der Waals surface area (Å²) in [6.45, 7) is 0.664.